The summed E-state index contributed by atoms with van der Waals surface area (Å²) in [5.41, 5.74) is 3.04. The second-order valence-corrected chi connectivity index (χ2v) is 7.20. The molecular weight excluding hydrogens is 302 g/mol. The van der Waals surface area contributed by atoms with Gasteiger partial charge in [0.15, 0.2) is 5.16 Å². The minimum absolute atomic E-state index is 0.00730. The zero-order valence-electron chi connectivity index (χ0n) is 12.6. The number of aromatic nitrogens is 2. The first-order chi connectivity index (χ1) is 9.97. The van der Waals surface area contributed by atoms with Gasteiger partial charge >= 0.3 is 0 Å². The van der Waals surface area contributed by atoms with Crippen LogP contribution in [0.5, 0.6) is 0 Å². The van der Waals surface area contributed by atoms with Gasteiger partial charge in [-0.25, -0.2) is 9.97 Å². The average Bonchev–Trinajstić information content (AvgIpc) is 2.95. The van der Waals surface area contributed by atoms with Gasteiger partial charge < -0.3 is 5.32 Å². The SMILES string of the molecule is Cc1nc(S[C@@H](C)C(=O)NCc2cccs2)nc(C)c1C. The molecule has 6 heteroatoms. The monoisotopic (exact) mass is 321 g/mol. The van der Waals surface area contributed by atoms with Crippen molar-refractivity contribution in [1.82, 2.24) is 15.3 Å². The minimum atomic E-state index is -0.216. The molecule has 0 saturated heterocycles. The van der Waals surface area contributed by atoms with Crippen molar-refractivity contribution in [3.8, 4) is 0 Å². The van der Waals surface area contributed by atoms with Crippen LogP contribution in [0.3, 0.4) is 0 Å². The van der Waals surface area contributed by atoms with Crippen molar-refractivity contribution in [3.63, 3.8) is 0 Å². The predicted molar refractivity (Wildman–Crippen MR) is 87.7 cm³/mol. The molecule has 2 aromatic heterocycles. The molecule has 0 aliphatic carbocycles. The molecule has 2 aromatic rings. The third-order valence-corrected chi connectivity index (χ3v) is 5.12. The van der Waals surface area contributed by atoms with Crippen LogP contribution in [0.1, 0.15) is 28.8 Å². The number of carbonyl (C=O) groups excluding carboxylic acids is 1. The number of thioether (sulfide) groups is 1. The smallest absolute Gasteiger partial charge is 0.233 e. The largest absolute Gasteiger partial charge is 0.350 e. The highest BCUT2D eigenvalue weighted by Crippen LogP contribution is 2.22. The minimum Gasteiger partial charge on any atom is -0.350 e. The van der Waals surface area contributed by atoms with Gasteiger partial charge in [0.2, 0.25) is 5.91 Å². The van der Waals surface area contributed by atoms with Crippen molar-refractivity contribution in [3.05, 3.63) is 39.3 Å². The average molecular weight is 321 g/mol. The van der Waals surface area contributed by atoms with E-state index in [0.29, 0.717) is 11.7 Å². The Kier molecular flexibility index (Phi) is 5.36. The molecule has 21 heavy (non-hydrogen) atoms. The fraction of sp³-hybridized carbons (Fsp3) is 0.400. The van der Waals surface area contributed by atoms with Crippen molar-refractivity contribution in [2.45, 2.75) is 44.6 Å². The van der Waals surface area contributed by atoms with Crippen molar-refractivity contribution < 1.29 is 4.79 Å². The summed E-state index contributed by atoms with van der Waals surface area (Å²) in [5.74, 6) is 0.00730. The summed E-state index contributed by atoms with van der Waals surface area (Å²) in [6.07, 6.45) is 0. The van der Waals surface area contributed by atoms with Crippen LogP contribution < -0.4 is 5.32 Å². The molecular formula is C15H19N3OS2. The normalized spacial score (nSPS) is 12.2. The van der Waals surface area contributed by atoms with Crippen molar-refractivity contribution in [2.24, 2.45) is 0 Å². The molecule has 0 saturated carbocycles. The Hall–Kier alpha value is -1.40. The van der Waals surface area contributed by atoms with Crippen LogP contribution in [0.2, 0.25) is 0 Å². The fourth-order valence-corrected chi connectivity index (χ4v) is 3.27. The van der Waals surface area contributed by atoms with Crippen molar-refractivity contribution >= 4 is 29.0 Å². The van der Waals surface area contributed by atoms with E-state index in [9.17, 15) is 4.79 Å². The molecule has 0 spiro atoms. The standard InChI is InChI=1S/C15H19N3OS2/c1-9-10(2)17-15(18-11(9)3)21-12(4)14(19)16-8-13-6-5-7-20-13/h5-7,12H,8H2,1-4H3,(H,16,19)/t12-/m0/s1. The lowest BCUT2D eigenvalue weighted by molar-refractivity contribution is -0.120. The van der Waals surface area contributed by atoms with Gasteiger partial charge in [-0.1, -0.05) is 17.8 Å². The molecule has 0 unspecified atom stereocenters. The van der Waals surface area contributed by atoms with E-state index >= 15 is 0 Å². The number of hydrogen-bond acceptors (Lipinski definition) is 5. The third kappa shape index (κ3) is 4.28. The number of carbonyl (C=O) groups is 1. The molecule has 0 fully saturated rings. The van der Waals surface area contributed by atoms with Crippen LogP contribution in [-0.2, 0) is 11.3 Å². The van der Waals surface area contributed by atoms with Crippen LogP contribution in [0.15, 0.2) is 22.7 Å². The number of nitrogens with zero attached hydrogens (tertiary/aromatic N) is 2. The maximum atomic E-state index is 12.1. The highest BCUT2D eigenvalue weighted by Gasteiger charge is 2.16. The molecule has 2 heterocycles. The van der Waals surface area contributed by atoms with Gasteiger partial charge in [-0.2, -0.15) is 0 Å². The molecule has 2 rings (SSSR count). The Morgan fingerprint density at radius 1 is 1.33 bits per heavy atom. The van der Waals surface area contributed by atoms with Crippen LogP contribution in [0, 0.1) is 20.8 Å². The van der Waals surface area contributed by atoms with E-state index in [0.717, 1.165) is 21.8 Å². The Morgan fingerprint density at radius 3 is 2.57 bits per heavy atom. The van der Waals surface area contributed by atoms with Gasteiger partial charge in [0.25, 0.3) is 0 Å². The van der Waals surface area contributed by atoms with E-state index in [1.165, 1.54) is 11.8 Å². The maximum absolute atomic E-state index is 12.1. The van der Waals surface area contributed by atoms with Gasteiger partial charge in [-0.15, -0.1) is 11.3 Å². The van der Waals surface area contributed by atoms with E-state index in [1.807, 2.05) is 45.2 Å². The lowest BCUT2D eigenvalue weighted by atomic mass is 10.2. The first-order valence-electron chi connectivity index (χ1n) is 6.76. The highest BCUT2D eigenvalue weighted by atomic mass is 32.2. The van der Waals surface area contributed by atoms with Crippen molar-refractivity contribution in [1.29, 1.82) is 0 Å². The van der Waals surface area contributed by atoms with Crippen LogP contribution in [-0.4, -0.2) is 21.1 Å². The molecule has 112 valence electrons. The zero-order chi connectivity index (χ0) is 15.4. The summed E-state index contributed by atoms with van der Waals surface area (Å²) < 4.78 is 0. The number of amides is 1. The van der Waals surface area contributed by atoms with E-state index in [2.05, 4.69) is 15.3 Å². The number of thiophene rings is 1. The number of hydrogen-bond donors (Lipinski definition) is 1. The lowest BCUT2D eigenvalue weighted by Gasteiger charge is -2.12. The van der Waals surface area contributed by atoms with Gasteiger partial charge in [-0.05, 0) is 44.7 Å². The van der Waals surface area contributed by atoms with Crippen LogP contribution in [0.25, 0.3) is 0 Å². The summed E-state index contributed by atoms with van der Waals surface area (Å²) in [4.78, 5) is 22.1. The second-order valence-electron chi connectivity index (χ2n) is 4.86. The van der Waals surface area contributed by atoms with E-state index in [1.54, 1.807) is 11.3 Å². The van der Waals surface area contributed by atoms with Gasteiger partial charge in [-0.3, -0.25) is 4.79 Å². The Labute approximate surface area is 133 Å². The Morgan fingerprint density at radius 2 is 2.00 bits per heavy atom. The summed E-state index contributed by atoms with van der Waals surface area (Å²) >= 11 is 3.03. The topological polar surface area (TPSA) is 54.9 Å². The molecule has 0 radical (unpaired) electrons. The van der Waals surface area contributed by atoms with Crippen molar-refractivity contribution in [2.75, 3.05) is 0 Å². The van der Waals surface area contributed by atoms with Gasteiger partial charge in [0.05, 0.1) is 11.8 Å². The quantitative estimate of drug-likeness (QED) is 0.678. The molecule has 0 aromatic carbocycles. The predicted octanol–water partition coefficient (Wildman–Crippen LogP) is 3.26. The molecule has 1 atom stereocenters. The Balaban J connectivity index is 1.94. The van der Waals surface area contributed by atoms with Gasteiger partial charge in [0.1, 0.15) is 0 Å². The number of rotatable bonds is 5. The van der Waals surface area contributed by atoms with E-state index in [-0.39, 0.29) is 11.2 Å². The summed E-state index contributed by atoms with van der Waals surface area (Å²) in [6, 6.07) is 3.99. The molecule has 4 nitrogen and oxygen atoms in total. The maximum Gasteiger partial charge on any atom is 0.233 e. The fourth-order valence-electron chi connectivity index (χ4n) is 1.74. The molecule has 0 bridgehead atoms. The Bertz CT molecular complexity index is 603. The zero-order valence-corrected chi connectivity index (χ0v) is 14.3. The summed E-state index contributed by atoms with van der Waals surface area (Å²) in [5, 5.41) is 5.39. The van der Waals surface area contributed by atoms with Crippen LogP contribution in [0.4, 0.5) is 0 Å². The molecule has 1 amide bonds. The summed E-state index contributed by atoms with van der Waals surface area (Å²) in [6.45, 7) is 8.40. The molecule has 0 aliphatic heterocycles. The molecule has 1 N–H and O–H groups in total. The summed E-state index contributed by atoms with van der Waals surface area (Å²) in [7, 11) is 0. The van der Waals surface area contributed by atoms with E-state index < -0.39 is 0 Å². The number of nitrogens with one attached hydrogen (secondary N) is 1. The first-order valence-corrected chi connectivity index (χ1v) is 8.52. The third-order valence-electron chi connectivity index (χ3n) is 3.28. The van der Waals surface area contributed by atoms with E-state index in [4.69, 9.17) is 0 Å². The number of aryl methyl sites for hydroxylation is 2. The van der Waals surface area contributed by atoms with Crippen LogP contribution >= 0.6 is 23.1 Å². The lowest BCUT2D eigenvalue weighted by Crippen LogP contribution is -2.30. The molecule has 0 aliphatic rings. The van der Waals surface area contributed by atoms with Gasteiger partial charge in [0, 0.05) is 16.3 Å². The first kappa shape index (κ1) is 16.0. The highest BCUT2D eigenvalue weighted by molar-refractivity contribution is 8.00. The second kappa shape index (κ2) is 7.04.